The van der Waals surface area contributed by atoms with Crippen LogP contribution in [-0.4, -0.2) is 42.6 Å². The number of benzene rings is 1. The van der Waals surface area contributed by atoms with Gasteiger partial charge < -0.3 is 10.1 Å². The maximum Gasteiger partial charge on any atom is 0.234 e. The molecule has 1 amide bonds. The van der Waals surface area contributed by atoms with E-state index in [1.165, 1.54) is 22.2 Å². The fraction of sp³-hybridized carbons (Fsp3) is 0.417. The van der Waals surface area contributed by atoms with Gasteiger partial charge in [0.15, 0.2) is 16.0 Å². The summed E-state index contributed by atoms with van der Waals surface area (Å²) in [5, 5.41) is 14.7. The van der Waals surface area contributed by atoms with Crippen molar-refractivity contribution in [2.75, 3.05) is 16.8 Å². The Balaban J connectivity index is 1.48. The van der Waals surface area contributed by atoms with Crippen LogP contribution in [0.5, 0.6) is 0 Å². The Morgan fingerprint density at radius 1 is 1.21 bits per heavy atom. The molecule has 1 N–H and O–H groups in total. The summed E-state index contributed by atoms with van der Waals surface area (Å²) in [5.41, 5.74) is 3.81. The number of nitrogens with one attached hydrogen (secondary N) is 1. The van der Waals surface area contributed by atoms with Crippen molar-refractivity contribution in [2.45, 2.75) is 63.1 Å². The first kappa shape index (κ1) is 23.6. The molecule has 0 saturated carbocycles. The van der Waals surface area contributed by atoms with Gasteiger partial charge in [0.1, 0.15) is 4.83 Å². The van der Waals surface area contributed by atoms with Gasteiger partial charge in [0.25, 0.3) is 0 Å². The lowest BCUT2D eigenvalue weighted by Crippen LogP contribution is -2.31. The number of hydrogen-bond acceptors (Lipinski definition) is 8. The van der Waals surface area contributed by atoms with Crippen molar-refractivity contribution in [3.05, 3.63) is 40.3 Å². The fourth-order valence-corrected chi connectivity index (χ4v) is 6.73. The molecule has 0 unspecified atom stereocenters. The molecule has 0 fully saturated rings. The Hall–Kier alpha value is -2.14. The highest BCUT2D eigenvalue weighted by atomic mass is 32.2. The Morgan fingerprint density at radius 3 is 2.76 bits per heavy atom. The monoisotopic (exact) mass is 513 g/mol. The molecule has 0 radical (unpaired) electrons. The zero-order valence-corrected chi connectivity index (χ0v) is 22.1. The summed E-state index contributed by atoms with van der Waals surface area (Å²) in [4.78, 5) is 19.8. The highest BCUT2D eigenvalue weighted by molar-refractivity contribution is 8.00. The summed E-state index contributed by atoms with van der Waals surface area (Å²) in [5.74, 6) is 1.12. The third-order valence-corrected chi connectivity index (χ3v) is 8.79. The van der Waals surface area contributed by atoms with Crippen molar-refractivity contribution < 1.29 is 9.53 Å². The average molecular weight is 514 g/mol. The molecular formula is C24H27N5O2S3. The molecule has 4 aromatic rings. The highest BCUT2D eigenvalue weighted by Crippen LogP contribution is 2.41. The Bertz CT molecular complexity index is 1360. The second kappa shape index (κ2) is 9.49. The number of rotatable bonds is 7. The van der Waals surface area contributed by atoms with Crippen molar-refractivity contribution in [2.24, 2.45) is 0 Å². The van der Waals surface area contributed by atoms with E-state index in [0.29, 0.717) is 11.8 Å². The van der Waals surface area contributed by atoms with Gasteiger partial charge in [-0.2, -0.15) is 0 Å². The van der Waals surface area contributed by atoms with Gasteiger partial charge in [-0.25, -0.2) is 9.38 Å². The van der Waals surface area contributed by atoms with E-state index >= 15 is 0 Å². The first-order valence-corrected chi connectivity index (χ1v) is 14.1. The topological polar surface area (TPSA) is 81.4 Å². The van der Waals surface area contributed by atoms with Gasteiger partial charge in [-0.15, -0.1) is 21.5 Å². The van der Waals surface area contributed by atoms with Gasteiger partial charge in [0.05, 0.1) is 23.3 Å². The lowest BCUT2D eigenvalue weighted by atomic mass is 9.94. The molecule has 0 aliphatic carbocycles. The predicted molar refractivity (Wildman–Crippen MR) is 140 cm³/mol. The number of hydrogen-bond donors (Lipinski definition) is 1. The van der Waals surface area contributed by atoms with E-state index in [9.17, 15) is 4.79 Å². The number of anilines is 1. The molecule has 7 nitrogen and oxygen atoms in total. The largest absolute Gasteiger partial charge is 0.370 e. The van der Waals surface area contributed by atoms with Crippen molar-refractivity contribution in [1.29, 1.82) is 0 Å². The quantitative estimate of drug-likeness (QED) is 0.250. The lowest BCUT2D eigenvalue weighted by Gasteiger charge is -2.30. The molecular weight excluding hydrogens is 486 g/mol. The van der Waals surface area contributed by atoms with E-state index in [2.05, 4.69) is 36.3 Å². The third kappa shape index (κ3) is 4.68. The molecule has 0 bridgehead atoms. The average Bonchev–Trinajstić information content (AvgIpc) is 3.38. The van der Waals surface area contributed by atoms with Crippen LogP contribution in [0.25, 0.3) is 15.9 Å². The molecule has 1 aliphatic heterocycles. The smallest absolute Gasteiger partial charge is 0.234 e. The molecule has 178 valence electrons. The van der Waals surface area contributed by atoms with E-state index in [4.69, 9.17) is 9.72 Å². The van der Waals surface area contributed by atoms with E-state index < -0.39 is 0 Å². The number of aryl methyl sites for hydroxylation is 1. The van der Waals surface area contributed by atoms with Crippen LogP contribution in [0.2, 0.25) is 0 Å². The van der Waals surface area contributed by atoms with E-state index in [-0.39, 0.29) is 17.3 Å². The van der Waals surface area contributed by atoms with Crippen LogP contribution in [0.4, 0.5) is 5.69 Å². The minimum absolute atomic E-state index is 0.0748. The second-order valence-electron chi connectivity index (χ2n) is 9.00. The van der Waals surface area contributed by atoms with Crippen LogP contribution < -0.4 is 5.32 Å². The van der Waals surface area contributed by atoms with Crippen LogP contribution in [0.15, 0.2) is 34.6 Å². The molecule has 5 rings (SSSR count). The number of amides is 1. The lowest BCUT2D eigenvalue weighted by molar-refractivity contribution is -0.113. The number of carbonyl (C=O) groups is 1. The van der Waals surface area contributed by atoms with Crippen LogP contribution in [0.3, 0.4) is 0 Å². The number of nitrogens with zero attached hydrogens (tertiary/aromatic N) is 4. The van der Waals surface area contributed by atoms with Gasteiger partial charge in [-0.05, 0) is 44.9 Å². The summed E-state index contributed by atoms with van der Waals surface area (Å²) in [6.07, 6.45) is 1.85. The normalized spacial score (nSPS) is 15.1. The maximum absolute atomic E-state index is 12.6. The molecule has 0 saturated heterocycles. The van der Waals surface area contributed by atoms with Gasteiger partial charge in [-0.1, -0.05) is 48.1 Å². The maximum atomic E-state index is 12.6. The molecule has 34 heavy (non-hydrogen) atoms. The summed E-state index contributed by atoms with van der Waals surface area (Å²) in [6.45, 7) is 9.02. The molecule has 10 heteroatoms. The zero-order chi connectivity index (χ0) is 23.9. The minimum atomic E-state index is -0.223. The molecule has 1 aromatic carbocycles. The summed E-state index contributed by atoms with van der Waals surface area (Å²) in [6, 6.07) is 7.79. The summed E-state index contributed by atoms with van der Waals surface area (Å²) >= 11 is 4.78. The molecule has 1 aliphatic rings. The number of ether oxygens (including phenoxy) is 1. The number of aromatic nitrogens is 4. The zero-order valence-electron chi connectivity index (χ0n) is 19.7. The fourth-order valence-electron chi connectivity index (χ4n) is 3.94. The first-order chi connectivity index (χ1) is 16.3. The van der Waals surface area contributed by atoms with Gasteiger partial charge >= 0.3 is 0 Å². The third-order valence-electron chi connectivity index (χ3n) is 5.62. The first-order valence-electron chi connectivity index (χ1n) is 11.3. The van der Waals surface area contributed by atoms with E-state index in [1.807, 2.05) is 35.6 Å². The molecule has 3 aromatic heterocycles. The van der Waals surface area contributed by atoms with Gasteiger partial charge in [0.2, 0.25) is 5.91 Å². The Kier molecular flexibility index (Phi) is 6.58. The number of fused-ring (bicyclic) bond motifs is 5. The van der Waals surface area contributed by atoms with Gasteiger partial charge in [0, 0.05) is 22.7 Å². The summed E-state index contributed by atoms with van der Waals surface area (Å²) < 4.78 is 8.07. The molecule has 4 heterocycles. The number of carbonyl (C=O) groups excluding carboxylic acids is 1. The van der Waals surface area contributed by atoms with Crippen LogP contribution in [0, 0.1) is 6.92 Å². The molecule has 0 spiro atoms. The van der Waals surface area contributed by atoms with Crippen LogP contribution in [0.1, 0.15) is 43.2 Å². The number of thiophene rings is 1. The SMILES string of the molecule is CCCSc1nc2sc3c(c2c2nnc(SCC(=O)Nc4ccc(C)cc4)n12)CC(C)(C)OC3. The van der Waals surface area contributed by atoms with Crippen molar-refractivity contribution >= 4 is 62.3 Å². The second-order valence-corrected chi connectivity index (χ2v) is 12.1. The number of thioether (sulfide) groups is 2. The Labute approximate surface area is 211 Å². The predicted octanol–water partition coefficient (Wildman–Crippen LogP) is 5.73. The molecule has 0 atom stereocenters. The minimum Gasteiger partial charge on any atom is -0.370 e. The van der Waals surface area contributed by atoms with E-state index in [0.717, 1.165) is 50.9 Å². The van der Waals surface area contributed by atoms with Crippen LogP contribution in [-0.2, 0) is 22.6 Å². The van der Waals surface area contributed by atoms with Gasteiger partial charge in [-0.3, -0.25) is 4.79 Å². The van der Waals surface area contributed by atoms with Crippen molar-refractivity contribution in [1.82, 2.24) is 19.6 Å². The van der Waals surface area contributed by atoms with Crippen molar-refractivity contribution in [3.8, 4) is 0 Å². The Morgan fingerprint density at radius 2 is 2.00 bits per heavy atom. The van der Waals surface area contributed by atoms with Crippen LogP contribution >= 0.6 is 34.9 Å². The van der Waals surface area contributed by atoms with Crippen molar-refractivity contribution in [3.63, 3.8) is 0 Å². The van der Waals surface area contributed by atoms with E-state index in [1.54, 1.807) is 23.1 Å². The standard InChI is InChI=1S/C24H27N5O2S3/c1-5-10-32-22-26-21-19(16-11-24(3,4)31-12-17(16)34-21)20-27-28-23(29(20)22)33-13-18(30)25-15-8-6-14(2)7-9-15/h6-9H,5,10-13H2,1-4H3,(H,25,30). The summed E-state index contributed by atoms with van der Waals surface area (Å²) in [7, 11) is 0. The highest BCUT2D eigenvalue weighted by Gasteiger charge is 2.31.